The molecule has 1 aliphatic heterocycles. The van der Waals surface area contributed by atoms with Crippen molar-refractivity contribution in [3.63, 3.8) is 0 Å². The number of carbonyl (C=O) groups is 2. The van der Waals surface area contributed by atoms with Crippen LogP contribution in [0.25, 0.3) is 0 Å². The van der Waals surface area contributed by atoms with E-state index in [-0.39, 0.29) is 17.9 Å². The van der Waals surface area contributed by atoms with Crippen LogP contribution in [-0.4, -0.2) is 23.0 Å². The van der Waals surface area contributed by atoms with Gasteiger partial charge in [-0.2, -0.15) is 0 Å². The Bertz CT molecular complexity index is 526. The third-order valence-corrected chi connectivity index (χ3v) is 3.87. The fourth-order valence-corrected chi connectivity index (χ4v) is 2.82. The molecule has 0 saturated heterocycles. The largest absolute Gasteiger partial charge is 0.481 e. The molecule has 1 N–H and O–H groups in total. The minimum Gasteiger partial charge on any atom is -0.481 e. The normalized spacial score (nSPS) is 28.9. The standard InChI is InChI=1S/C14H15NO3/c1-8-6-9-4-2-3-5-12(9)15(8)13(16)10-7-11(10)14(17)18/h2-5,8,10-11H,6-7H2,1H3,(H,17,18). The van der Waals surface area contributed by atoms with Crippen LogP contribution >= 0.6 is 0 Å². The van der Waals surface area contributed by atoms with Crippen LogP contribution in [-0.2, 0) is 16.0 Å². The Morgan fingerprint density at radius 2 is 2.00 bits per heavy atom. The Kier molecular flexibility index (Phi) is 2.40. The Labute approximate surface area is 105 Å². The summed E-state index contributed by atoms with van der Waals surface area (Å²) < 4.78 is 0. The molecule has 0 spiro atoms. The molecule has 0 bridgehead atoms. The maximum absolute atomic E-state index is 12.4. The highest BCUT2D eigenvalue weighted by molar-refractivity contribution is 6.01. The molecule has 1 aliphatic carbocycles. The van der Waals surface area contributed by atoms with Crippen LogP contribution in [0.2, 0.25) is 0 Å². The molecule has 0 radical (unpaired) electrons. The van der Waals surface area contributed by atoms with Crippen LogP contribution in [0.1, 0.15) is 18.9 Å². The first-order chi connectivity index (χ1) is 8.59. The van der Waals surface area contributed by atoms with E-state index in [1.165, 1.54) is 5.56 Å². The monoisotopic (exact) mass is 245 g/mol. The smallest absolute Gasteiger partial charge is 0.307 e. The molecule has 4 nitrogen and oxygen atoms in total. The van der Waals surface area contributed by atoms with Crippen LogP contribution in [0.15, 0.2) is 24.3 Å². The third-order valence-electron chi connectivity index (χ3n) is 3.87. The number of carbonyl (C=O) groups excluding carboxylic acids is 1. The van der Waals surface area contributed by atoms with Crippen LogP contribution in [0.5, 0.6) is 0 Å². The van der Waals surface area contributed by atoms with Crippen molar-refractivity contribution in [3.8, 4) is 0 Å². The number of carboxylic acid groups (broad SMARTS) is 1. The van der Waals surface area contributed by atoms with E-state index in [9.17, 15) is 9.59 Å². The molecule has 2 aliphatic rings. The first-order valence-corrected chi connectivity index (χ1v) is 6.23. The first kappa shape index (κ1) is 11.3. The van der Waals surface area contributed by atoms with Gasteiger partial charge in [-0.25, -0.2) is 0 Å². The predicted molar refractivity (Wildman–Crippen MR) is 66.3 cm³/mol. The van der Waals surface area contributed by atoms with Crippen molar-refractivity contribution in [1.82, 2.24) is 0 Å². The van der Waals surface area contributed by atoms with Gasteiger partial charge in [0, 0.05) is 11.7 Å². The van der Waals surface area contributed by atoms with Gasteiger partial charge < -0.3 is 10.0 Å². The third kappa shape index (κ3) is 1.60. The summed E-state index contributed by atoms with van der Waals surface area (Å²) in [6.45, 7) is 2.01. The van der Waals surface area contributed by atoms with Crippen LogP contribution in [0.4, 0.5) is 5.69 Å². The molecule has 18 heavy (non-hydrogen) atoms. The summed E-state index contributed by atoms with van der Waals surface area (Å²) >= 11 is 0. The molecule has 1 amide bonds. The van der Waals surface area contributed by atoms with Gasteiger partial charge >= 0.3 is 5.97 Å². The van der Waals surface area contributed by atoms with Crippen LogP contribution in [0, 0.1) is 11.8 Å². The van der Waals surface area contributed by atoms with Crippen molar-refractivity contribution in [1.29, 1.82) is 0 Å². The zero-order chi connectivity index (χ0) is 12.9. The first-order valence-electron chi connectivity index (χ1n) is 6.23. The van der Waals surface area contributed by atoms with E-state index in [2.05, 4.69) is 0 Å². The molecule has 3 unspecified atom stereocenters. The van der Waals surface area contributed by atoms with Gasteiger partial charge in [0.05, 0.1) is 11.8 Å². The second kappa shape index (κ2) is 3.83. The lowest BCUT2D eigenvalue weighted by molar-refractivity contribution is -0.140. The highest BCUT2D eigenvalue weighted by atomic mass is 16.4. The molecule has 1 saturated carbocycles. The van der Waals surface area contributed by atoms with E-state index in [0.717, 1.165) is 12.1 Å². The highest BCUT2D eigenvalue weighted by Gasteiger charge is 2.51. The van der Waals surface area contributed by atoms with E-state index < -0.39 is 11.9 Å². The van der Waals surface area contributed by atoms with E-state index >= 15 is 0 Å². The Morgan fingerprint density at radius 3 is 2.67 bits per heavy atom. The number of fused-ring (bicyclic) bond motifs is 1. The van der Waals surface area contributed by atoms with Gasteiger partial charge in [0.15, 0.2) is 0 Å². The van der Waals surface area contributed by atoms with E-state index in [1.54, 1.807) is 4.90 Å². The number of benzene rings is 1. The van der Waals surface area contributed by atoms with Crippen molar-refractivity contribution in [2.24, 2.45) is 11.8 Å². The fraction of sp³-hybridized carbons (Fsp3) is 0.429. The maximum atomic E-state index is 12.4. The number of rotatable bonds is 2. The van der Waals surface area contributed by atoms with E-state index in [1.807, 2.05) is 31.2 Å². The Balaban J connectivity index is 1.85. The van der Waals surface area contributed by atoms with Crippen molar-refractivity contribution in [2.45, 2.75) is 25.8 Å². The molecular formula is C14H15NO3. The lowest BCUT2D eigenvalue weighted by atomic mass is 10.1. The molecule has 0 aromatic heterocycles. The second-order valence-corrected chi connectivity index (χ2v) is 5.18. The summed E-state index contributed by atoms with van der Waals surface area (Å²) in [6.07, 6.45) is 1.34. The molecule has 3 atom stereocenters. The average Bonchev–Trinajstić information content (AvgIpc) is 3.05. The molecule has 94 valence electrons. The molecule has 1 fully saturated rings. The van der Waals surface area contributed by atoms with E-state index in [0.29, 0.717) is 6.42 Å². The van der Waals surface area contributed by atoms with Gasteiger partial charge in [-0.05, 0) is 31.4 Å². The Hall–Kier alpha value is -1.84. The number of anilines is 1. The molecular weight excluding hydrogens is 230 g/mol. The lowest BCUT2D eigenvalue weighted by Gasteiger charge is -2.22. The molecule has 1 aromatic carbocycles. The van der Waals surface area contributed by atoms with Gasteiger partial charge in [0.2, 0.25) is 5.91 Å². The number of hydrogen-bond donors (Lipinski definition) is 1. The topological polar surface area (TPSA) is 57.6 Å². The van der Waals surface area contributed by atoms with Gasteiger partial charge in [0.25, 0.3) is 0 Å². The number of carboxylic acids is 1. The quantitative estimate of drug-likeness (QED) is 0.862. The molecule has 1 aromatic rings. The van der Waals surface area contributed by atoms with E-state index in [4.69, 9.17) is 5.11 Å². The predicted octanol–water partition coefficient (Wildman–Crippen LogP) is 1.68. The Morgan fingerprint density at radius 1 is 1.28 bits per heavy atom. The second-order valence-electron chi connectivity index (χ2n) is 5.18. The lowest BCUT2D eigenvalue weighted by Crippen LogP contribution is -2.37. The zero-order valence-electron chi connectivity index (χ0n) is 10.2. The van der Waals surface area contributed by atoms with Gasteiger partial charge in [-0.15, -0.1) is 0 Å². The maximum Gasteiger partial charge on any atom is 0.307 e. The molecule has 1 heterocycles. The summed E-state index contributed by atoms with van der Waals surface area (Å²) in [5.41, 5.74) is 2.12. The highest BCUT2D eigenvalue weighted by Crippen LogP contribution is 2.43. The zero-order valence-corrected chi connectivity index (χ0v) is 10.2. The number of para-hydroxylation sites is 1. The van der Waals surface area contributed by atoms with Gasteiger partial charge in [-0.1, -0.05) is 18.2 Å². The summed E-state index contributed by atoms with van der Waals surface area (Å²) in [7, 11) is 0. The summed E-state index contributed by atoms with van der Waals surface area (Å²) in [5, 5.41) is 8.91. The summed E-state index contributed by atoms with van der Waals surface area (Å²) in [6, 6.07) is 7.98. The summed E-state index contributed by atoms with van der Waals surface area (Å²) in [5.74, 6) is -1.68. The number of hydrogen-bond acceptors (Lipinski definition) is 2. The van der Waals surface area contributed by atoms with Crippen LogP contribution < -0.4 is 4.90 Å². The van der Waals surface area contributed by atoms with Crippen molar-refractivity contribution < 1.29 is 14.7 Å². The molecule has 4 heteroatoms. The summed E-state index contributed by atoms with van der Waals surface area (Å²) in [4.78, 5) is 25.0. The van der Waals surface area contributed by atoms with Crippen molar-refractivity contribution in [3.05, 3.63) is 29.8 Å². The fourth-order valence-electron chi connectivity index (χ4n) is 2.82. The number of nitrogens with zero attached hydrogens (tertiary/aromatic N) is 1. The van der Waals surface area contributed by atoms with Gasteiger partial charge in [0.1, 0.15) is 0 Å². The minimum atomic E-state index is -0.853. The molecule has 3 rings (SSSR count). The van der Waals surface area contributed by atoms with Crippen molar-refractivity contribution >= 4 is 17.6 Å². The number of amides is 1. The average molecular weight is 245 g/mol. The van der Waals surface area contributed by atoms with Crippen LogP contribution in [0.3, 0.4) is 0 Å². The van der Waals surface area contributed by atoms with Gasteiger partial charge in [-0.3, -0.25) is 9.59 Å². The SMILES string of the molecule is CC1Cc2ccccc2N1C(=O)C1CC1C(=O)O. The number of aliphatic carboxylic acids is 1. The van der Waals surface area contributed by atoms with Crippen molar-refractivity contribution in [2.75, 3.05) is 4.90 Å². The minimum absolute atomic E-state index is 0.0279.